The van der Waals surface area contributed by atoms with Crippen molar-refractivity contribution in [2.75, 3.05) is 5.73 Å². The first kappa shape index (κ1) is 14.8. The largest absolute Gasteiger partial charge is 0.398 e. The lowest BCUT2D eigenvalue weighted by atomic mass is 10.2. The van der Waals surface area contributed by atoms with Crippen LogP contribution in [0.4, 0.5) is 5.69 Å². The lowest BCUT2D eigenvalue weighted by Crippen LogP contribution is -2.34. The average Bonchev–Trinajstić information content (AvgIpc) is 2.31. The van der Waals surface area contributed by atoms with Crippen molar-refractivity contribution in [3.8, 4) is 12.3 Å². The summed E-state index contributed by atoms with van der Waals surface area (Å²) in [5.41, 5.74) is 5.80. The Bertz CT molecular complexity index is 564. The number of nitrogens with two attached hydrogens (primary N) is 1. The van der Waals surface area contributed by atoms with Gasteiger partial charge in [-0.15, -0.1) is 12.3 Å². The van der Waals surface area contributed by atoms with Gasteiger partial charge < -0.3 is 5.73 Å². The normalized spacial score (nSPS) is 12.9. The second-order valence-electron chi connectivity index (χ2n) is 3.82. The Morgan fingerprint density at radius 3 is 2.78 bits per heavy atom. The smallest absolute Gasteiger partial charge is 0.242 e. The van der Waals surface area contributed by atoms with Crippen molar-refractivity contribution in [1.29, 1.82) is 0 Å². The Morgan fingerprint density at radius 2 is 2.22 bits per heavy atom. The summed E-state index contributed by atoms with van der Waals surface area (Å²) in [4.78, 5) is -0.0227. The third kappa shape index (κ3) is 3.64. The maximum absolute atomic E-state index is 12.1. The lowest BCUT2D eigenvalue weighted by molar-refractivity contribution is 0.544. The van der Waals surface area contributed by atoms with Crippen LogP contribution in [0.15, 0.2) is 23.1 Å². The van der Waals surface area contributed by atoms with E-state index >= 15 is 0 Å². The molecule has 4 nitrogen and oxygen atoms in total. The third-order valence-electron chi connectivity index (χ3n) is 2.44. The molecule has 0 heterocycles. The molecule has 6 heteroatoms. The highest BCUT2D eigenvalue weighted by Crippen LogP contribution is 2.23. The van der Waals surface area contributed by atoms with Gasteiger partial charge in [0.25, 0.3) is 0 Å². The second-order valence-corrected chi connectivity index (χ2v) is 5.94. The van der Waals surface area contributed by atoms with E-state index in [-0.39, 0.29) is 16.6 Å². The predicted octanol–water partition coefficient (Wildman–Crippen LogP) is 2.00. The molecule has 1 unspecified atom stereocenters. The first-order valence-corrected chi connectivity index (χ1v) is 7.27. The summed E-state index contributed by atoms with van der Waals surface area (Å²) in [5, 5.41) is 0.314. The molecule has 1 aromatic carbocycles. The fraction of sp³-hybridized carbons (Fsp3) is 0.333. The van der Waals surface area contributed by atoms with Crippen LogP contribution >= 0.6 is 11.6 Å². The molecule has 0 amide bonds. The highest BCUT2D eigenvalue weighted by atomic mass is 35.5. The van der Waals surface area contributed by atoms with Gasteiger partial charge in [-0.2, -0.15) is 0 Å². The first-order valence-electron chi connectivity index (χ1n) is 5.41. The number of hydrogen-bond donors (Lipinski definition) is 2. The zero-order valence-corrected chi connectivity index (χ0v) is 11.6. The van der Waals surface area contributed by atoms with E-state index in [2.05, 4.69) is 10.6 Å². The molecule has 0 aromatic heterocycles. The zero-order chi connectivity index (χ0) is 13.8. The van der Waals surface area contributed by atoms with Gasteiger partial charge in [0.05, 0.1) is 5.69 Å². The van der Waals surface area contributed by atoms with Gasteiger partial charge in [-0.1, -0.05) is 18.5 Å². The highest BCUT2D eigenvalue weighted by Gasteiger charge is 2.21. The molecule has 0 aliphatic rings. The minimum atomic E-state index is -3.70. The molecule has 3 N–H and O–H groups in total. The number of hydrogen-bond acceptors (Lipinski definition) is 3. The van der Waals surface area contributed by atoms with E-state index in [9.17, 15) is 8.42 Å². The molecule has 1 aromatic rings. The summed E-state index contributed by atoms with van der Waals surface area (Å²) in [6.07, 6.45) is 6.12. The fourth-order valence-electron chi connectivity index (χ4n) is 1.44. The molecule has 0 radical (unpaired) electrons. The zero-order valence-electron chi connectivity index (χ0n) is 9.98. The van der Waals surface area contributed by atoms with Crippen LogP contribution in [0.1, 0.15) is 19.8 Å². The van der Waals surface area contributed by atoms with E-state index in [0.717, 1.165) is 0 Å². The monoisotopic (exact) mass is 286 g/mol. The number of benzene rings is 1. The maximum Gasteiger partial charge on any atom is 0.242 e. The average molecular weight is 287 g/mol. The SMILES string of the molecule is C#CCC(CC)NS(=O)(=O)c1cc(Cl)ccc1N. The number of nitrogens with one attached hydrogen (secondary N) is 1. The van der Waals surface area contributed by atoms with E-state index < -0.39 is 10.0 Å². The number of nitrogen functional groups attached to an aromatic ring is 1. The number of terminal acetylenes is 1. The topological polar surface area (TPSA) is 72.2 Å². The van der Waals surface area contributed by atoms with Gasteiger partial charge in [-0.05, 0) is 24.6 Å². The molecule has 98 valence electrons. The minimum absolute atomic E-state index is 0.0227. The Morgan fingerprint density at radius 1 is 1.56 bits per heavy atom. The Labute approximate surface area is 113 Å². The summed E-state index contributed by atoms with van der Waals surface area (Å²) in [7, 11) is -3.70. The fourth-order valence-corrected chi connectivity index (χ4v) is 3.15. The van der Waals surface area contributed by atoms with Gasteiger partial charge in [0.2, 0.25) is 10.0 Å². The van der Waals surface area contributed by atoms with E-state index in [1.165, 1.54) is 18.2 Å². The molecule has 0 aliphatic carbocycles. The van der Waals surface area contributed by atoms with Gasteiger partial charge in [0.15, 0.2) is 0 Å². The Balaban J connectivity index is 3.06. The van der Waals surface area contributed by atoms with E-state index in [1.807, 2.05) is 6.92 Å². The second kappa shape index (κ2) is 6.10. The van der Waals surface area contributed by atoms with Crippen molar-refractivity contribution < 1.29 is 8.42 Å². The summed E-state index contributed by atoms with van der Waals surface area (Å²) in [5.74, 6) is 2.43. The first-order chi connectivity index (χ1) is 8.40. The Kier molecular flexibility index (Phi) is 5.03. The minimum Gasteiger partial charge on any atom is -0.398 e. The van der Waals surface area contributed by atoms with Crippen molar-refractivity contribution in [2.24, 2.45) is 0 Å². The maximum atomic E-state index is 12.1. The molecule has 0 saturated carbocycles. The van der Waals surface area contributed by atoms with Gasteiger partial charge in [0, 0.05) is 17.5 Å². The summed E-state index contributed by atoms with van der Waals surface area (Å²) in [6.45, 7) is 1.85. The molecular formula is C12H15ClN2O2S. The van der Waals surface area contributed by atoms with E-state index in [4.69, 9.17) is 23.8 Å². The van der Waals surface area contributed by atoms with Gasteiger partial charge in [-0.3, -0.25) is 0 Å². The summed E-state index contributed by atoms with van der Waals surface area (Å²) in [6, 6.07) is 4.01. The lowest BCUT2D eigenvalue weighted by Gasteiger charge is -2.15. The van der Waals surface area contributed by atoms with Gasteiger partial charge in [-0.25, -0.2) is 13.1 Å². The Hall–Kier alpha value is -1.22. The van der Waals surface area contributed by atoms with Crippen LogP contribution in [0.3, 0.4) is 0 Å². The van der Waals surface area contributed by atoms with Crippen LogP contribution in [-0.2, 0) is 10.0 Å². The number of sulfonamides is 1. The van der Waals surface area contributed by atoms with Gasteiger partial charge >= 0.3 is 0 Å². The molecule has 1 atom stereocenters. The van der Waals surface area contributed by atoms with Crippen LogP contribution in [0.2, 0.25) is 5.02 Å². The van der Waals surface area contributed by atoms with Crippen molar-refractivity contribution in [2.45, 2.75) is 30.7 Å². The number of anilines is 1. The molecule has 1 rings (SSSR count). The van der Waals surface area contributed by atoms with Crippen molar-refractivity contribution in [3.05, 3.63) is 23.2 Å². The van der Waals surface area contributed by atoms with Crippen LogP contribution < -0.4 is 10.5 Å². The summed E-state index contributed by atoms with van der Waals surface area (Å²) >= 11 is 5.77. The van der Waals surface area contributed by atoms with Crippen LogP contribution in [0.25, 0.3) is 0 Å². The van der Waals surface area contributed by atoms with E-state index in [1.54, 1.807) is 0 Å². The standard InChI is InChI=1S/C12H15ClN2O2S/c1-3-5-10(4-2)15-18(16,17)12-8-9(13)6-7-11(12)14/h1,6-8,10,15H,4-5,14H2,2H3. The molecule has 0 spiro atoms. The molecular weight excluding hydrogens is 272 g/mol. The van der Waals surface area contributed by atoms with Crippen LogP contribution in [0.5, 0.6) is 0 Å². The van der Waals surface area contributed by atoms with Gasteiger partial charge in [0.1, 0.15) is 4.90 Å². The molecule has 18 heavy (non-hydrogen) atoms. The molecule has 0 saturated heterocycles. The summed E-state index contributed by atoms with van der Waals surface area (Å²) < 4.78 is 26.8. The van der Waals surface area contributed by atoms with E-state index in [0.29, 0.717) is 17.9 Å². The number of halogens is 1. The molecule has 0 bridgehead atoms. The van der Waals surface area contributed by atoms with Crippen LogP contribution in [-0.4, -0.2) is 14.5 Å². The number of rotatable bonds is 5. The highest BCUT2D eigenvalue weighted by molar-refractivity contribution is 7.89. The van der Waals surface area contributed by atoms with Crippen LogP contribution in [0, 0.1) is 12.3 Å². The molecule has 0 fully saturated rings. The predicted molar refractivity (Wildman–Crippen MR) is 73.7 cm³/mol. The van der Waals surface area contributed by atoms with Crippen molar-refractivity contribution in [3.63, 3.8) is 0 Å². The third-order valence-corrected chi connectivity index (χ3v) is 4.26. The quantitative estimate of drug-likeness (QED) is 0.642. The molecule has 0 aliphatic heterocycles. The van der Waals surface area contributed by atoms with Crippen molar-refractivity contribution >= 4 is 27.3 Å². The van der Waals surface area contributed by atoms with Crippen molar-refractivity contribution in [1.82, 2.24) is 4.72 Å².